The van der Waals surface area contributed by atoms with Crippen molar-refractivity contribution in [3.05, 3.63) is 29.6 Å². The van der Waals surface area contributed by atoms with Crippen LogP contribution >= 0.6 is 0 Å². The third-order valence-electron chi connectivity index (χ3n) is 3.98. The number of hydrogen-bond donors (Lipinski definition) is 2. The molecule has 0 spiro atoms. The molecule has 0 aliphatic heterocycles. The summed E-state index contributed by atoms with van der Waals surface area (Å²) in [5, 5.41) is 11.7. The van der Waals surface area contributed by atoms with Crippen LogP contribution in [0.15, 0.2) is 18.3 Å². The highest BCUT2D eigenvalue weighted by molar-refractivity contribution is 5.92. The van der Waals surface area contributed by atoms with Crippen LogP contribution < -0.4 is 5.32 Å². The Morgan fingerprint density at radius 3 is 2.71 bits per heavy atom. The van der Waals surface area contributed by atoms with Crippen molar-refractivity contribution in [2.75, 3.05) is 6.61 Å². The van der Waals surface area contributed by atoms with Crippen LogP contribution in [0.5, 0.6) is 0 Å². The third-order valence-corrected chi connectivity index (χ3v) is 3.98. The van der Waals surface area contributed by atoms with Crippen LogP contribution in [-0.2, 0) is 0 Å². The fourth-order valence-electron chi connectivity index (χ4n) is 2.55. The first kappa shape index (κ1) is 15.5. The standard InChI is InChI=1S/C17H22N2O2/c1-17(2)9-7-14(8-10-17)19-16(21)15-6-5-13(12-18-15)4-3-11-20/h5-6,12,14,20H,7-11H2,1-2H3,(H,19,21). The van der Waals surface area contributed by atoms with Gasteiger partial charge in [0.05, 0.1) is 0 Å². The molecular formula is C17H22N2O2. The molecule has 1 aliphatic carbocycles. The Balaban J connectivity index is 1.92. The maximum atomic E-state index is 12.1. The summed E-state index contributed by atoms with van der Waals surface area (Å²) >= 11 is 0. The van der Waals surface area contributed by atoms with E-state index >= 15 is 0 Å². The van der Waals surface area contributed by atoms with E-state index in [2.05, 4.69) is 36.0 Å². The van der Waals surface area contributed by atoms with Crippen LogP contribution in [0.4, 0.5) is 0 Å². The third kappa shape index (κ3) is 4.57. The van der Waals surface area contributed by atoms with E-state index in [9.17, 15) is 4.79 Å². The molecule has 0 radical (unpaired) electrons. The molecule has 0 unspecified atom stereocenters. The monoisotopic (exact) mass is 286 g/mol. The summed E-state index contributed by atoms with van der Waals surface area (Å²) in [5.41, 5.74) is 1.50. The second kappa shape index (κ2) is 6.73. The Hall–Kier alpha value is -1.86. The maximum absolute atomic E-state index is 12.1. The van der Waals surface area contributed by atoms with Gasteiger partial charge in [0.15, 0.2) is 0 Å². The van der Waals surface area contributed by atoms with E-state index in [0.717, 1.165) is 25.7 Å². The number of nitrogens with one attached hydrogen (secondary N) is 1. The highest BCUT2D eigenvalue weighted by Crippen LogP contribution is 2.34. The lowest BCUT2D eigenvalue weighted by Gasteiger charge is -2.34. The number of carbonyl (C=O) groups excluding carboxylic acids is 1. The molecular weight excluding hydrogens is 264 g/mol. The number of nitrogens with zero attached hydrogens (tertiary/aromatic N) is 1. The quantitative estimate of drug-likeness (QED) is 0.819. The van der Waals surface area contributed by atoms with Crippen molar-refractivity contribution in [1.29, 1.82) is 0 Å². The normalized spacial score (nSPS) is 17.7. The number of pyridine rings is 1. The molecule has 2 rings (SSSR count). The fraction of sp³-hybridized carbons (Fsp3) is 0.529. The molecule has 21 heavy (non-hydrogen) atoms. The topological polar surface area (TPSA) is 62.2 Å². The van der Waals surface area contributed by atoms with Gasteiger partial charge in [-0.1, -0.05) is 25.7 Å². The largest absolute Gasteiger partial charge is 0.384 e. The van der Waals surface area contributed by atoms with E-state index in [4.69, 9.17) is 5.11 Å². The lowest BCUT2D eigenvalue weighted by atomic mass is 9.75. The summed E-state index contributed by atoms with van der Waals surface area (Å²) in [4.78, 5) is 16.3. The lowest BCUT2D eigenvalue weighted by molar-refractivity contribution is 0.0904. The van der Waals surface area contributed by atoms with Crippen LogP contribution in [0.1, 0.15) is 55.6 Å². The van der Waals surface area contributed by atoms with Crippen molar-refractivity contribution in [1.82, 2.24) is 10.3 Å². The van der Waals surface area contributed by atoms with Gasteiger partial charge in [-0.3, -0.25) is 4.79 Å². The molecule has 0 atom stereocenters. The Bertz CT molecular complexity index is 542. The number of aliphatic hydroxyl groups is 1. The van der Waals surface area contributed by atoms with E-state index in [1.165, 1.54) is 0 Å². The van der Waals surface area contributed by atoms with Crippen molar-refractivity contribution >= 4 is 5.91 Å². The molecule has 112 valence electrons. The number of aromatic nitrogens is 1. The van der Waals surface area contributed by atoms with Gasteiger partial charge in [-0.2, -0.15) is 0 Å². The molecule has 1 saturated carbocycles. The molecule has 2 N–H and O–H groups in total. The van der Waals surface area contributed by atoms with Gasteiger partial charge in [-0.15, -0.1) is 0 Å². The summed E-state index contributed by atoms with van der Waals surface area (Å²) in [6.07, 6.45) is 5.89. The van der Waals surface area contributed by atoms with E-state index in [1.54, 1.807) is 18.3 Å². The molecule has 4 nitrogen and oxygen atoms in total. The number of aliphatic hydroxyl groups excluding tert-OH is 1. The smallest absolute Gasteiger partial charge is 0.270 e. The number of rotatable bonds is 2. The molecule has 0 saturated heterocycles. The molecule has 4 heteroatoms. The fourth-order valence-corrected chi connectivity index (χ4v) is 2.55. The number of hydrogen-bond acceptors (Lipinski definition) is 3. The Labute approximate surface area is 126 Å². The van der Waals surface area contributed by atoms with Gasteiger partial charge in [0.1, 0.15) is 12.3 Å². The Kier molecular flexibility index (Phi) is 4.98. The number of carbonyl (C=O) groups is 1. The first-order valence-corrected chi connectivity index (χ1v) is 7.37. The van der Waals surface area contributed by atoms with E-state index < -0.39 is 0 Å². The first-order chi connectivity index (χ1) is 10.00. The molecule has 1 amide bonds. The molecule has 1 aliphatic rings. The minimum absolute atomic E-state index is 0.124. The average molecular weight is 286 g/mol. The predicted octanol–water partition coefficient (Wildman–Crippen LogP) is 2.12. The zero-order valence-corrected chi connectivity index (χ0v) is 12.6. The Morgan fingerprint density at radius 1 is 1.43 bits per heavy atom. The van der Waals surface area contributed by atoms with Crippen LogP contribution in [0.3, 0.4) is 0 Å². The summed E-state index contributed by atoms with van der Waals surface area (Å²) in [6, 6.07) is 3.67. The van der Waals surface area contributed by atoms with Gasteiger partial charge in [0.25, 0.3) is 5.91 Å². The van der Waals surface area contributed by atoms with Gasteiger partial charge >= 0.3 is 0 Å². The summed E-state index contributed by atoms with van der Waals surface area (Å²) in [6.45, 7) is 4.37. The second-order valence-corrected chi connectivity index (χ2v) is 6.30. The summed E-state index contributed by atoms with van der Waals surface area (Å²) in [7, 11) is 0. The summed E-state index contributed by atoms with van der Waals surface area (Å²) < 4.78 is 0. The molecule has 1 heterocycles. The van der Waals surface area contributed by atoms with Crippen LogP contribution in [0.25, 0.3) is 0 Å². The zero-order chi connectivity index (χ0) is 15.3. The highest BCUT2D eigenvalue weighted by Gasteiger charge is 2.27. The summed E-state index contributed by atoms with van der Waals surface area (Å²) in [5.74, 6) is 5.18. The maximum Gasteiger partial charge on any atom is 0.270 e. The van der Waals surface area contributed by atoms with Crippen LogP contribution in [-0.4, -0.2) is 28.6 Å². The SMILES string of the molecule is CC1(C)CCC(NC(=O)c2ccc(C#CCO)cn2)CC1. The minimum atomic E-state index is -0.180. The van der Waals surface area contributed by atoms with E-state index in [1.807, 2.05) is 0 Å². The molecule has 1 aromatic rings. The number of amides is 1. The van der Waals surface area contributed by atoms with E-state index in [-0.39, 0.29) is 18.6 Å². The van der Waals surface area contributed by atoms with Gasteiger partial charge in [0.2, 0.25) is 0 Å². The van der Waals surface area contributed by atoms with Crippen molar-refractivity contribution < 1.29 is 9.90 Å². The van der Waals surface area contributed by atoms with Gasteiger partial charge < -0.3 is 10.4 Å². The van der Waals surface area contributed by atoms with Crippen LogP contribution in [0.2, 0.25) is 0 Å². The molecule has 0 aromatic carbocycles. The van der Waals surface area contributed by atoms with Gasteiger partial charge in [-0.05, 0) is 43.2 Å². The zero-order valence-electron chi connectivity index (χ0n) is 12.6. The van der Waals surface area contributed by atoms with Gasteiger partial charge in [0, 0.05) is 17.8 Å². The second-order valence-electron chi connectivity index (χ2n) is 6.30. The lowest BCUT2D eigenvalue weighted by Crippen LogP contribution is -2.39. The first-order valence-electron chi connectivity index (χ1n) is 7.37. The molecule has 1 fully saturated rings. The van der Waals surface area contributed by atoms with Crippen molar-refractivity contribution in [3.8, 4) is 11.8 Å². The van der Waals surface area contributed by atoms with E-state index in [0.29, 0.717) is 16.7 Å². The van der Waals surface area contributed by atoms with Crippen molar-refractivity contribution in [2.24, 2.45) is 5.41 Å². The highest BCUT2D eigenvalue weighted by atomic mass is 16.2. The molecule has 0 bridgehead atoms. The van der Waals surface area contributed by atoms with Crippen molar-refractivity contribution in [2.45, 2.75) is 45.6 Å². The predicted molar refractivity (Wildman–Crippen MR) is 81.7 cm³/mol. The Morgan fingerprint density at radius 2 is 2.14 bits per heavy atom. The minimum Gasteiger partial charge on any atom is -0.384 e. The van der Waals surface area contributed by atoms with Crippen LogP contribution in [0, 0.1) is 17.3 Å². The average Bonchev–Trinajstić information content (AvgIpc) is 2.48. The van der Waals surface area contributed by atoms with Gasteiger partial charge in [-0.25, -0.2) is 4.98 Å². The van der Waals surface area contributed by atoms with Crippen molar-refractivity contribution in [3.63, 3.8) is 0 Å². The molecule has 1 aromatic heterocycles.